The van der Waals surface area contributed by atoms with Crippen molar-refractivity contribution in [3.8, 4) is 0 Å². The fourth-order valence-corrected chi connectivity index (χ4v) is 1.97. The highest BCUT2D eigenvalue weighted by molar-refractivity contribution is 5.77. The Balaban J connectivity index is 2.92. The predicted octanol–water partition coefficient (Wildman–Crippen LogP) is 2.96. The zero-order valence-electron chi connectivity index (χ0n) is 11.6. The third-order valence-corrected chi connectivity index (χ3v) is 3.17. The monoisotopic (exact) mass is 289 g/mol. The average Bonchev–Trinajstić information content (AvgIpc) is 2.37. The zero-order valence-corrected chi connectivity index (χ0v) is 11.6. The molecule has 1 aromatic rings. The Labute approximate surface area is 116 Å². The van der Waals surface area contributed by atoms with Crippen molar-refractivity contribution in [1.29, 1.82) is 0 Å². The lowest BCUT2D eigenvalue weighted by Gasteiger charge is -2.24. The lowest BCUT2D eigenvalue weighted by molar-refractivity contribution is -0.138. The number of carbonyl (C=O) groups is 1. The quantitative estimate of drug-likeness (QED) is 0.905. The van der Waals surface area contributed by atoms with Gasteiger partial charge in [0.15, 0.2) is 0 Å². The Morgan fingerprint density at radius 3 is 2.45 bits per heavy atom. The summed E-state index contributed by atoms with van der Waals surface area (Å²) in [6, 6.07) is 4.97. The summed E-state index contributed by atoms with van der Waals surface area (Å²) in [5.41, 5.74) is -0.495. The fourth-order valence-electron chi connectivity index (χ4n) is 1.97. The van der Waals surface area contributed by atoms with Crippen LogP contribution < -0.4 is 5.32 Å². The summed E-state index contributed by atoms with van der Waals surface area (Å²) in [7, 11) is 1.38. The van der Waals surface area contributed by atoms with E-state index in [1.165, 1.54) is 19.2 Å². The largest absolute Gasteiger partial charge is 0.416 e. The maximum Gasteiger partial charge on any atom is 0.416 e. The van der Waals surface area contributed by atoms with Crippen molar-refractivity contribution in [3.63, 3.8) is 0 Å². The van der Waals surface area contributed by atoms with E-state index in [1.54, 1.807) is 19.9 Å². The highest BCUT2D eigenvalue weighted by Gasteiger charge is 2.35. The summed E-state index contributed by atoms with van der Waals surface area (Å²) in [6.07, 6.45) is -4.40. The van der Waals surface area contributed by atoms with Gasteiger partial charge >= 0.3 is 6.18 Å². The van der Waals surface area contributed by atoms with Gasteiger partial charge in [-0.2, -0.15) is 13.2 Å². The van der Waals surface area contributed by atoms with Gasteiger partial charge in [-0.1, -0.05) is 25.1 Å². The summed E-state index contributed by atoms with van der Waals surface area (Å²) in [5, 5.41) is 2.63. The van der Waals surface area contributed by atoms with Crippen LogP contribution in [0, 0.1) is 0 Å². The molecule has 1 aromatic carbocycles. The van der Waals surface area contributed by atoms with Crippen LogP contribution in [0.2, 0.25) is 0 Å². The van der Waals surface area contributed by atoms with Gasteiger partial charge in [0.25, 0.3) is 0 Å². The van der Waals surface area contributed by atoms with Crippen molar-refractivity contribution in [2.24, 2.45) is 0 Å². The maximum absolute atomic E-state index is 12.9. The maximum atomic E-state index is 12.9. The van der Waals surface area contributed by atoms with Crippen LogP contribution in [0.5, 0.6) is 0 Å². The van der Waals surface area contributed by atoms with E-state index in [4.69, 9.17) is 0 Å². The van der Waals surface area contributed by atoms with E-state index in [-0.39, 0.29) is 18.1 Å². The molecule has 0 fully saturated rings. The smallest absolute Gasteiger partial charge is 0.375 e. The highest BCUT2D eigenvalue weighted by Crippen LogP contribution is 2.35. The molecule has 0 saturated carbocycles. The van der Waals surface area contributed by atoms with Crippen molar-refractivity contribution in [1.82, 2.24) is 5.32 Å². The molecule has 0 aliphatic carbocycles. The van der Waals surface area contributed by atoms with Crippen molar-refractivity contribution in [2.45, 2.75) is 32.0 Å². The SMILES string of the molecule is COCC(=O)N[C@H](C)[C@H](C)c1ccccc1C(F)(F)F. The first kappa shape index (κ1) is 16.5. The number of ether oxygens (including phenoxy) is 1. The second-order valence-electron chi connectivity index (χ2n) is 4.66. The average molecular weight is 289 g/mol. The van der Waals surface area contributed by atoms with E-state index >= 15 is 0 Å². The molecule has 20 heavy (non-hydrogen) atoms. The molecule has 0 heterocycles. The number of hydrogen-bond donors (Lipinski definition) is 1. The van der Waals surface area contributed by atoms with Crippen LogP contribution in [-0.4, -0.2) is 25.7 Å². The lowest BCUT2D eigenvalue weighted by atomic mass is 9.90. The number of alkyl halides is 3. The molecule has 0 spiro atoms. The third-order valence-electron chi connectivity index (χ3n) is 3.17. The van der Waals surface area contributed by atoms with Crippen molar-refractivity contribution in [2.75, 3.05) is 13.7 Å². The summed E-state index contributed by atoms with van der Waals surface area (Å²) in [6.45, 7) is 3.21. The van der Waals surface area contributed by atoms with Crippen LogP contribution >= 0.6 is 0 Å². The minimum Gasteiger partial charge on any atom is -0.375 e. The summed E-state index contributed by atoms with van der Waals surface area (Å²) >= 11 is 0. The van der Waals surface area contributed by atoms with E-state index in [0.29, 0.717) is 0 Å². The van der Waals surface area contributed by atoms with Crippen LogP contribution in [0.4, 0.5) is 13.2 Å². The number of amides is 1. The van der Waals surface area contributed by atoms with E-state index in [1.807, 2.05) is 0 Å². The number of halogens is 3. The molecule has 1 rings (SSSR count). The Morgan fingerprint density at radius 1 is 1.30 bits per heavy atom. The Bertz CT molecular complexity index is 460. The number of benzene rings is 1. The summed E-state index contributed by atoms with van der Waals surface area (Å²) in [5.74, 6) is -0.815. The van der Waals surface area contributed by atoms with Gasteiger partial charge in [0.1, 0.15) is 6.61 Å². The van der Waals surface area contributed by atoms with Gasteiger partial charge in [-0.25, -0.2) is 0 Å². The Morgan fingerprint density at radius 2 is 1.90 bits per heavy atom. The minimum absolute atomic E-state index is 0.113. The number of carbonyl (C=O) groups excluding carboxylic acids is 1. The van der Waals surface area contributed by atoms with E-state index in [2.05, 4.69) is 10.1 Å². The molecule has 0 radical (unpaired) electrons. The molecule has 2 atom stereocenters. The van der Waals surface area contributed by atoms with Gasteiger partial charge in [-0.05, 0) is 18.6 Å². The van der Waals surface area contributed by atoms with Crippen LogP contribution in [0.15, 0.2) is 24.3 Å². The standard InChI is InChI=1S/C14H18F3NO2/c1-9(10(2)18-13(19)8-20-3)11-6-4-5-7-12(11)14(15,16)17/h4-7,9-10H,8H2,1-3H3,(H,18,19)/t9-,10+/m0/s1. The molecular formula is C14H18F3NO2. The highest BCUT2D eigenvalue weighted by atomic mass is 19.4. The van der Waals surface area contributed by atoms with E-state index < -0.39 is 23.7 Å². The zero-order chi connectivity index (χ0) is 15.3. The third kappa shape index (κ3) is 4.23. The van der Waals surface area contributed by atoms with Gasteiger partial charge in [-0.15, -0.1) is 0 Å². The second kappa shape index (κ2) is 6.74. The van der Waals surface area contributed by atoms with Crippen LogP contribution in [-0.2, 0) is 15.7 Å². The van der Waals surface area contributed by atoms with Crippen LogP contribution in [0.25, 0.3) is 0 Å². The first-order chi connectivity index (χ1) is 9.27. The van der Waals surface area contributed by atoms with E-state index in [9.17, 15) is 18.0 Å². The molecule has 1 amide bonds. The normalized spacial score (nSPS) is 14.7. The first-order valence-corrected chi connectivity index (χ1v) is 6.21. The second-order valence-corrected chi connectivity index (χ2v) is 4.66. The van der Waals surface area contributed by atoms with Gasteiger partial charge < -0.3 is 10.1 Å². The molecule has 3 nitrogen and oxygen atoms in total. The minimum atomic E-state index is -4.40. The molecular weight excluding hydrogens is 271 g/mol. The molecule has 0 aliphatic rings. The van der Waals surface area contributed by atoms with E-state index in [0.717, 1.165) is 6.07 Å². The lowest BCUT2D eigenvalue weighted by Crippen LogP contribution is -2.38. The van der Waals surface area contributed by atoms with Crippen LogP contribution in [0.1, 0.15) is 30.9 Å². The van der Waals surface area contributed by atoms with Crippen LogP contribution in [0.3, 0.4) is 0 Å². The summed E-state index contributed by atoms with van der Waals surface area (Å²) < 4.78 is 43.5. The van der Waals surface area contributed by atoms with Crippen molar-refractivity contribution >= 4 is 5.91 Å². The van der Waals surface area contributed by atoms with Gasteiger partial charge in [-0.3, -0.25) is 4.79 Å². The number of nitrogens with one attached hydrogen (secondary N) is 1. The molecule has 1 N–H and O–H groups in total. The molecule has 0 saturated heterocycles. The number of rotatable bonds is 5. The first-order valence-electron chi connectivity index (χ1n) is 6.21. The van der Waals surface area contributed by atoms with Gasteiger partial charge in [0.05, 0.1) is 5.56 Å². The molecule has 6 heteroatoms. The number of methoxy groups -OCH3 is 1. The van der Waals surface area contributed by atoms with Crippen molar-refractivity contribution < 1.29 is 22.7 Å². The molecule has 0 aliphatic heterocycles. The molecule has 0 unspecified atom stereocenters. The van der Waals surface area contributed by atoms with Gasteiger partial charge in [0.2, 0.25) is 5.91 Å². The van der Waals surface area contributed by atoms with Gasteiger partial charge in [0, 0.05) is 19.1 Å². The molecule has 0 aromatic heterocycles. The Kier molecular flexibility index (Phi) is 5.56. The predicted molar refractivity (Wildman–Crippen MR) is 69.3 cm³/mol. The fraction of sp³-hybridized carbons (Fsp3) is 0.500. The summed E-state index contributed by atoms with van der Waals surface area (Å²) in [4.78, 5) is 11.4. The Hall–Kier alpha value is -1.56. The number of hydrogen-bond acceptors (Lipinski definition) is 2. The molecule has 112 valence electrons. The topological polar surface area (TPSA) is 38.3 Å². The van der Waals surface area contributed by atoms with Crippen molar-refractivity contribution in [3.05, 3.63) is 35.4 Å². The molecule has 0 bridgehead atoms.